The molecule has 1 aliphatic rings. The number of piperazine rings is 1. The molecule has 2 aromatic carbocycles. The van der Waals surface area contributed by atoms with Gasteiger partial charge in [-0.15, -0.1) is 0 Å². The van der Waals surface area contributed by atoms with Crippen molar-refractivity contribution in [2.45, 2.75) is 13.3 Å². The first-order chi connectivity index (χ1) is 13.1. The van der Waals surface area contributed by atoms with Gasteiger partial charge in [0.15, 0.2) is 0 Å². The molecule has 0 bridgehead atoms. The van der Waals surface area contributed by atoms with Gasteiger partial charge in [-0.2, -0.15) is 0 Å². The van der Waals surface area contributed by atoms with Gasteiger partial charge in [0.1, 0.15) is 11.6 Å². The fraction of sp³-hybridized carbons (Fsp3) is 0.333. The van der Waals surface area contributed by atoms with E-state index >= 15 is 0 Å². The lowest BCUT2D eigenvalue weighted by Gasteiger charge is -2.35. The minimum Gasteiger partial charge on any atom is -0.494 e. The first-order valence-electron chi connectivity index (χ1n) is 9.11. The number of benzene rings is 2. The third kappa shape index (κ3) is 4.84. The summed E-state index contributed by atoms with van der Waals surface area (Å²) in [6.07, 6.45) is 0.324. The minimum atomic E-state index is -0.426. The number of rotatable bonds is 5. The topological polar surface area (TPSA) is 49.9 Å². The molecule has 142 valence electrons. The smallest absolute Gasteiger partial charge is 0.254 e. The molecule has 1 fully saturated rings. The normalized spacial score (nSPS) is 14.1. The van der Waals surface area contributed by atoms with Crippen LogP contribution in [0.2, 0.25) is 0 Å². The molecule has 0 N–H and O–H groups in total. The Bertz CT molecular complexity index is 799. The van der Waals surface area contributed by atoms with E-state index in [0.29, 0.717) is 44.8 Å². The summed E-state index contributed by atoms with van der Waals surface area (Å²) < 4.78 is 18.7. The number of nitrogens with zero attached hydrogens (tertiary/aromatic N) is 2. The van der Waals surface area contributed by atoms with Gasteiger partial charge < -0.3 is 14.5 Å². The molecule has 0 atom stereocenters. The maximum atomic E-state index is 13.3. The van der Waals surface area contributed by atoms with Crippen LogP contribution in [0.15, 0.2) is 48.5 Å². The molecule has 0 spiro atoms. The first kappa shape index (κ1) is 18.9. The molecule has 5 nitrogen and oxygen atoms in total. The number of ether oxygens (including phenoxy) is 1. The SMILES string of the molecule is CCOc1ccc(CC(=O)N2CCN(C(=O)c3cccc(F)c3)CC2)cc1. The summed E-state index contributed by atoms with van der Waals surface area (Å²) in [7, 11) is 0. The Morgan fingerprint density at radius 1 is 1.00 bits per heavy atom. The molecule has 27 heavy (non-hydrogen) atoms. The summed E-state index contributed by atoms with van der Waals surface area (Å²) >= 11 is 0. The second-order valence-electron chi connectivity index (χ2n) is 6.44. The van der Waals surface area contributed by atoms with Gasteiger partial charge in [-0.05, 0) is 42.8 Å². The van der Waals surface area contributed by atoms with Crippen molar-refractivity contribution in [3.05, 3.63) is 65.5 Å². The van der Waals surface area contributed by atoms with Gasteiger partial charge in [-0.25, -0.2) is 4.39 Å². The highest BCUT2D eigenvalue weighted by Gasteiger charge is 2.25. The Kier molecular flexibility index (Phi) is 6.06. The van der Waals surface area contributed by atoms with Crippen LogP contribution in [0.25, 0.3) is 0 Å². The van der Waals surface area contributed by atoms with Crippen LogP contribution in [0.3, 0.4) is 0 Å². The van der Waals surface area contributed by atoms with Gasteiger partial charge in [-0.3, -0.25) is 9.59 Å². The van der Waals surface area contributed by atoms with Gasteiger partial charge in [0.2, 0.25) is 5.91 Å². The lowest BCUT2D eigenvalue weighted by Crippen LogP contribution is -2.51. The van der Waals surface area contributed by atoms with Crippen molar-refractivity contribution in [1.29, 1.82) is 0 Å². The van der Waals surface area contributed by atoms with Crippen molar-refractivity contribution in [3.63, 3.8) is 0 Å². The fourth-order valence-corrected chi connectivity index (χ4v) is 3.12. The van der Waals surface area contributed by atoms with Crippen LogP contribution in [-0.4, -0.2) is 54.4 Å². The lowest BCUT2D eigenvalue weighted by molar-refractivity contribution is -0.131. The molecule has 1 heterocycles. The molecule has 0 saturated carbocycles. The molecule has 2 amide bonds. The summed E-state index contributed by atoms with van der Waals surface area (Å²) in [6.45, 7) is 4.40. The maximum Gasteiger partial charge on any atom is 0.254 e. The molecular weight excluding hydrogens is 347 g/mol. The zero-order valence-electron chi connectivity index (χ0n) is 15.4. The average Bonchev–Trinajstić information content (AvgIpc) is 2.69. The van der Waals surface area contributed by atoms with Crippen molar-refractivity contribution in [2.75, 3.05) is 32.8 Å². The molecule has 0 unspecified atom stereocenters. The van der Waals surface area contributed by atoms with Gasteiger partial charge >= 0.3 is 0 Å². The quantitative estimate of drug-likeness (QED) is 0.813. The third-order valence-corrected chi connectivity index (χ3v) is 4.58. The number of hydrogen-bond donors (Lipinski definition) is 0. The maximum absolute atomic E-state index is 13.3. The van der Waals surface area contributed by atoms with Crippen LogP contribution in [0.4, 0.5) is 4.39 Å². The van der Waals surface area contributed by atoms with E-state index in [9.17, 15) is 14.0 Å². The third-order valence-electron chi connectivity index (χ3n) is 4.58. The minimum absolute atomic E-state index is 0.0389. The van der Waals surface area contributed by atoms with Crippen LogP contribution in [0.5, 0.6) is 5.75 Å². The van der Waals surface area contributed by atoms with Crippen LogP contribution in [0.1, 0.15) is 22.8 Å². The van der Waals surface area contributed by atoms with E-state index in [4.69, 9.17) is 4.74 Å². The van der Waals surface area contributed by atoms with Gasteiger partial charge in [0.05, 0.1) is 13.0 Å². The number of hydrogen-bond acceptors (Lipinski definition) is 3. The van der Waals surface area contributed by atoms with E-state index < -0.39 is 5.82 Å². The van der Waals surface area contributed by atoms with Crippen molar-refractivity contribution in [2.24, 2.45) is 0 Å². The van der Waals surface area contributed by atoms with E-state index in [0.717, 1.165) is 11.3 Å². The highest BCUT2D eigenvalue weighted by molar-refractivity contribution is 5.94. The summed E-state index contributed by atoms with van der Waals surface area (Å²) in [5.74, 6) is 0.202. The van der Waals surface area contributed by atoms with Crippen molar-refractivity contribution >= 4 is 11.8 Å². The largest absolute Gasteiger partial charge is 0.494 e. The van der Waals surface area contributed by atoms with E-state index in [1.807, 2.05) is 31.2 Å². The number of amides is 2. The highest BCUT2D eigenvalue weighted by Crippen LogP contribution is 2.15. The predicted octanol–water partition coefficient (Wildman–Crippen LogP) is 2.75. The molecule has 2 aromatic rings. The zero-order valence-corrected chi connectivity index (χ0v) is 15.4. The summed E-state index contributed by atoms with van der Waals surface area (Å²) in [4.78, 5) is 28.4. The molecule has 1 aliphatic heterocycles. The van der Waals surface area contributed by atoms with Crippen LogP contribution in [-0.2, 0) is 11.2 Å². The molecule has 6 heteroatoms. The van der Waals surface area contributed by atoms with Crippen LogP contribution >= 0.6 is 0 Å². The Hall–Kier alpha value is -2.89. The van der Waals surface area contributed by atoms with Crippen molar-refractivity contribution in [1.82, 2.24) is 9.80 Å². The summed E-state index contributed by atoms with van der Waals surface area (Å²) in [6, 6.07) is 13.2. The molecule has 3 rings (SSSR count). The molecule has 0 aliphatic carbocycles. The molecule has 1 saturated heterocycles. The average molecular weight is 370 g/mol. The fourth-order valence-electron chi connectivity index (χ4n) is 3.12. The van der Waals surface area contributed by atoms with Gasteiger partial charge in [-0.1, -0.05) is 18.2 Å². The summed E-state index contributed by atoms with van der Waals surface area (Å²) in [5.41, 5.74) is 1.27. The molecular formula is C21H23FN2O3. The van der Waals surface area contributed by atoms with Crippen LogP contribution < -0.4 is 4.74 Å². The van der Waals surface area contributed by atoms with Crippen molar-refractivity contribution < 1.29 is 18.7 Å². The van der Waals surface area contributed by atoms with Gasteiger partial charge in [0, 0.05) is 31.7 Å². The summed E-state index contributed by atoms with van der Waals surface area (Å²) in [5, 5.41) is 0. The number of halogens is 1. The Labute approximate surface area is 158 Å². The monoisotopic (exact) mass is 370 g/mol. The molecule has 0 aromatic heterocycles. The second-order valence-corrected chi connectivity index (χ2v) is 6.44. The number of carbonyl (C=O) groups is 2. The predicted molar refractivity (Wildman–Crippen MR) is 100 cm³/mol. The lowest BCUT2D eigenvalue weighted by atomic mass is 10.1. The zero-order chi connectivity index (χ0) is 19.2. The van der Waals surface area contributed by atoms with E-state index in [2.05, 4.69) is 0 Å². The highest BCUT2D eigenvalue weighted by atomic mass is 19.1. The van der Waals surface area contributed by atoms with Crippen molar-refractivity contribution in [3.8, 4) is 5.75 Å². The molecule has 0 radical (unpaired) electrons. The van der Waals surface area contributed by atoms with E-state index in [1.165, 1.54) is 18.2 Å². The number of carbonyl (C=O) groups excluding carboxylic acids is 2. The Morgan fingerprint density at radius 3 is 2.30 bits per heavy atom. The first-order valence-corrected chi connectivity index (χ1v) is 9.11. The Morgan fingerprint density at radius 2 is 1.67 bits per heavy atom. The van der Waals surface area contributed by atoms with Gasteiger partial charge in [0.25, 0.3) is 5.91 Å². The van der Waals surface area contributed by atoms with Crippen LogP contribution in [0, 0.1) is 5.82 Å². The second kappa shape index (κ2) is 8.66. The standard InChI is InChI=1S/C21H23FN2O3/c1-2-27-19-8-6-16(7-9-19)14-20(25)23-10-12-24(13-11-23)21(26)17-4-3-5-18(22)15-17/h3-9,15H,2,10-14H2,1H3. The Balaban J connectivity index is 1.52. The van der Waals surface area contributed by atoms with E-state index in [1.54, 1.807) is 15.9 Å². The van der Waals surface area contributed by atoms with E-state index in [-0.39, 0.29) is 11.8 Å².